The molecule has 0 bridgehead atoms. The molecule has 1 spiro atoms. The molecule has 2 aliphatic rings. The lowest BCUT2D eigenvalue weighted by molar-refractivity contribution is 0.0271. The molecule has 2 fully saturated rings. The number of aromatic nitrogens is 1. The second-order valence-electron chi connectivity index (χ2n) is 8.66. The maximum atomic E-state index is 13.9. The van der Waals surface area contributed by atoms with Crippen molar-refractivity contribution in [2.45, 2.75) is 18.9 Å². The van der Waals surface area contributed by atoms with Crippen molar-refractivity contribution in [3.05, 3.63) is 89.9 Å². The number of nitrogens with zero attached hydrogens (tertiary/aromatic N) is 3. The summed E-state index contributed by atoms with van der Waals surface area (Å²) in [6, 6.07) is 20.9. The second kappa shape index (κ2) is 8.26. The molecule has 1 amide bonds. The van der Waals surface area contributed by atoms with E-state index in [2.05, 4.69) is 34.1 Å². The maximum absolute atomic E-state index is 13.9. The number of likely N-dealkylation sites (tertiary alicyclic amines) is 1. The van der Waals surface area contributed by atoms with E-state index >= 15 is 0 Å². The monoisotopic (exact) mass is 431 g/mol. The average Bonchev–Trinajstić information content (AvgIpc) is 2.83. The highest BCUT2D eigenvalue weighted by atomic mass is 19.1. The van der Waals surface area contributed by atoms with E-state index in [0.29, 0.717) is 24.5 Å². The third-order valence-electron chi connectivity index (χ3n) is 6.87. The number of benzene rings is 2. The third kappa shape index (κ3) is 3.60. The van der Waals surface area contributed by atoms with Crippen LogP contribution in [0.4, 0.5) is 10.1 Å². The van der Waals surface area contributed by atoms with Crippen LogP contribution < -0.4 is 9.64 Å². The number of hydrogen-bond donors (Lipinski definition) is 0. The highest BCUT2D eigenvalue weighted by Gasteiger charge is 2.54. The number of rotatable bonds is 4. The summed E-state index contributed by atoms with van der Waals surface area (Å²) in [5, 5.41) is 0. The molecular formula is C26H26FN3O2. The van der Waals surface area contributed by atoms with Gasteiger partial charge in [-0.3, -0.25) is 4.79 Å². The van der Waals surface area contributed by atoms with Gasteiger partial charge in [-0.25, -0.2) is 9.37 Å². The van der Waals surface area contributed by atoms with E-state index in [9.17, 15) is 9.18 Å². The normalized spacial score (nSPS) is 19.5. The Bertz CT molecular complexity index is 1100. The SMILES string of the molecule is COc1ccc(C(=O)N2CCC3(CC2)CN(c2cccc(F)c2)C3c2ccccc2)cn1. The summed E-state index contributed by atoms with van der Waals surface area (Å²) in [5.74, 6) is 0.285. The van der Waals surface area contributed by atoms with Gasteiger partial charge in [0.2, 0.25) is 5.88 Å². The predicted molar refractivity (Wildman–Crippen MR) is 121 cm³/mol. The molecule has 0 N–H and O–H groups in total. The third-order valence-corrected chi connectivity index (χ3v) is 6.87. The van der Waals surface area contributed by atoms with Gasteiger partial charge in [-0.05, 0) is 42.7 Å². The van der Waals surface area contributed by atoms with E-state index in [1.54, 1.807) is 37.6 Å². The van der Waals surface area contributed by atoms with Gasteiger partial charge in [0.25, 0.3) is 5.91 Å². The van der Waals surface area contributed by atoms with Gasteiger partial charge in [0.05, 0.1) is 18.7 Å². The first-order chi connectivity index (χ1) is 15.6. The van der Waals surface area contributed by atoms with Crippen LogP contribution in [0.25, 0.3) is 0 Å². The van der Waals surface area contributed by atoms with Crippen molar-refractivity contribution in [2.75, 3.05) is 31.6 Å². The molecule has 3 aromatic rings. The molecule has 0 aliphatic carbocycles. The number of ether oxygens (including phenoxy) is 1. The van der Waals surface area contributed by atoms with Gasteiger partial charge >= 0.3 is 0 Å². The fourth-order valence-corrected chi connectivity index (χ4v) is 5.20. The lowest BCUT2D eigenvalue weighted by Crippen LogP contribution is -2.62. The summed E-state index contributed by atoms with van der Waals surface area (Å²) < 4.78 is 19.0. The van der Waals surface area contributed by atoms with E-state index in [1.165, 1.54) is 11.6 Å². The average molecular weight is 432 g/mol. The molecule has 2 saturated heterocycles. The Labute approximate surface area is 187 Å². The molecule has 32 heavy (non-hydrogen) atoms. The fourth-order valence-electron chi connectivity index (χ4n) is 5.20. The largest absolute Gasteiger partial charge is 0.481 e. The Morgan fingerprint density at radius 1 is 1.06 bits per heavy atom. The molecule has 5 rings (SSSR count). The minimum Gasteiger partial charge on any atom is -0.481 e. The van der Waals surface area contributed by atoms with Crippen molar-refractivity contribution in [3.8, 4) is 5.88 Å². The summed E-state index contributed by atoms with van der Waals surface area (Å²) in [5.41, 5.74) is 2.80. The quantitative estimate of drug-likeness (QED) is 0.600. The Kier molecular flexibility index (Phi) is 5.29. The van der Waals surface area contributed by atoms with E-state index in [0.717, 1.165) is 25.1 Å². The molecule has 5 nitrogen and oxygen atoms in total. The molecule has 1 unspecified atom stereocenters. The lowest BCUT2D eigenvalue weighted by atomic mass is 9.63. The van der Waals surface area contributed by atoms with Gasteiger partial charge in [0, 0.05) is 43.0 Å². The van der Waals surface area contributed by atoms with Crippen LogP contribution in [-0.2, 0) is 0 Å². The molecular weight excluding hydrogens is 405 g/mol. The Morgan fingerprint density at radius 3 is 2.50 bits per heavy atom. The number of anilines is 1. The molecule has 2 aromatic carbocycles. The van der Waals surface area contributed by atoms with Crippen LogP contribution in [0.15, 0.2) is 72.9 Å². The molecule has 0 saturated carbocycles. The van der Waals surface area contributed by atoms with Crippen LogP contribution in [-0.4, -0.2) is 42.5 Å². The number of amides is 1. The standard InChI is InChI=1S/C26H26FN3O2/c1-32-23-11-10-20(17-28-23)25(31)29-14-12-26(13-15-29)18-30(22-9-5-8-21(27)16-22)24(26)19-6-3-2-4-7-19/h2-11,16-17,24H,12-15,18H2,1H3. The van der Waals surface area contributed by atoms with Crippen molar-refractivity contribution < 1.29 is 13.9 Å². The van der Waals surface area contributed by atoms with Crippen LogP contribution >= 0.6 is 0 Å². The molecule has 3 heterocycles. The Morgan fingerprint density at radius 2 is 1.84 bits per heavy atom. The first-order valence-corrected chi connectivity index (χ1v) is 11.0. The first-order valence-electron chi connectivity index (χ1n) is 11.0. The first kappa shape index (κ1) is 20.5. The Hall–Kier alpha value is -3.41. The number of halogens is 1. The molecule has 1 atom stereocenters. The number of pyridine rings is 1. The number of carbonyl (C=O) groups excluding carboxylic acids is 1. The highest BCUT2D eigenvalue weighted by molar-refractivity contribution is 5.94. The lowest BCUT2D eigenvalue weighted by Gasteiger charge is -2.61. The summed E-state index contributed by atoms with van der Waals surface area (Å²) in [6.07, 6.45) is 3.40. The van der Waals surface area contributed by atoms with Crippen molar-refractivity contribution in [2.24, 2.45) is 5.41 Å². The van der Waals surface area contributed by atoms with Crippen LogP contribution in [0.2, 0.25) is 0 Å². The van der Waals surface area contributed by atoms with Crippen molar-refractivity contribution in [3.63, 3.8) is 0 Å². The second-order valence-corrected chi connectivity index (χ2v) is 8.66. The van der Waals surface area contributed by atoms with Crippen LogP contribution in [0.1, 0.15) is 34.8 Å². The molecule has 6 heteroatoms. The molecule has 2 aliphatic heterocycles. The zero-order valence-corrected chi connectivity index (χ0v) is 18.1. The van der Waals surface area contributed by atoms with E-state index in [4.69, 9.17) is 4.74 Å². The summed E-state index contributed by atoms with van der Waals surface area (Å²) >= 11 is 0. The molecule has 0 radical (unpaired) electrons. The smallest absolute Gasteiger partial charge is 0.255 e. The summed E-state index contributed by atoms with van der Waals surface area (Å²) in [4.78, 5) is 21.4. The van der Waals surface area contributed by atoms with E-state index in [-0.39, 0.29) is 23.2 Å². The van der Waals surface area contributed by atoms with Gasteiger partial charge < -0.3 is 14.5 Å². The van der Waals surface area contributed by atoms with Gasteiger partial charge in [-0.15, -0.1) is 0 Å². The number of piperidine rings is 1. The number of carbonyl (C=O) groups is 1. The summed E-state index contributed by atoms with van der Waals surface area (Å²) in [7, 11) is 1.56. The van der Waals surface area contributed by atoms with Crippen LogP contribution in [0, 0.1) is 11.2 Å². The van der Waals surface area contributed by atoms with Crippen molar-refractivity contribution >= 4 is 11.6 Å². The maximum Gasteiger partial charge on any atom is 0.255 e. The number of hydrogen-bond acceptors (Lipinski definition) is 4. The van der Waals surface area contributed by atoms with Crippen molar-refractivity contribution in [1.29, 1.82) is 0 Å². The van der Waals surface area contributed by atoms with Gasteiger partial charge in [0.15, 0.2) is 0 Å². The van der Waals surface area contributed by atoms with Crippen LogP contribution in [0.5, 0.6) is 5.88 Å². The van der Waals surface area contributed by atoms with E-state index in [1.807, 2.05) is 17.0 Å². The fraction of sp³-hybridized carbons (Fsp3) is 0.308. The predicted octanol–water partition coefficient (Wildman–Crippen LogP) is 4.71. The Balaban J connectivity index is 1.35. The minimum atomic E-state index is -0.219. The van der Waals surface area contributed by atoms with Gasteiger partial charge in [-0.1, -0.05) is 36.4 Å². The zero-order valence-electron chi connectivity index (χ0n) is 18.1. The van der Waals surface area contributed by atoms with Gasteiger partial charge in [0.1, 0.15) is 5.82 Å². The highest BCUT2D eigenvalue weighted by Crippen LogP contribution is 2.56. The minimum absolute atomic E-state index is 0.00701. The topological polar surface area (TPSA) is 45.7 Å². The molecule has 1 aromatic heterocycles. The summed E-state index contributed by atoms with van der Waals surface area (Å²) in [6.45, 7) is 2.26. The van der Waals surface area contributed by atoms with E-state index < -0.39 is 0 Å². The van der Waals surface area contributed by atoms with Gasteiger partial charge in [-0.2, -0.15) is 0 Å². The van der Waals surface area contributed by atoms with Crippen LogP contribution in [0.3, 0.4) is 0 Å². The van der Waals surface area contributed by atoms with Crippen molar-refractivity contribution in [1.82, 2.24) is 9.88 Å². The number of methoxy groups -OCH3 is 1. The zero-order chi connectivity index (χ0) is 22.1. The molecule has 164 valence electrons.